The molecule has 1 saturated heterocycles. The highest BCUT2D eigenvalue weighted by Crippen LogP contribution is 2.24. The second-order valence-corrected chi connectivity index (χ2v) is 6.85. The van der Waals surface area contributed by atoms with E-state index in [0.29, 0.717) is 12.3 Å². The van der Waals surface area contributed by atoms with E-state index in [4.69, 9.17) is 0 Å². The standard InChI is InChI=1S/C19H28N2O/c1-20-10-7-15-8-11-21(12-9-15)19(22)14-16-5-6-17-3-2-4-18(17)13-16/h5-6,13,15,20H,2-4,7-12,14H2,1H3. The quantitative estimate of drug-likeness (QED) is 0.906. The average molecular weight is 300 g/mol. The Bertz CT molecular complexity index is 518. The number of rotatable bonds is 5. The largest absolute Gasteiger partial charge is 0.342 e. The lowest BCUT2D eigenvalue weighted by Crippen LogP contribution is -2.39. The summed E-state index contributed by atoms with van der Waals surface area (Å²) >= 11 is 0. The number of nitrogens with zero attached hydrogens (tertiary/aromatic N) is 1. The molecule has 1 N–H and O–H groups in total. The Labute approximate surface area is 134 Å². The fourth-order valence-corrected chi connectivity index (χ4v) is 3.84. The maximum atomic E-state index is 12.5. The van der Waals surface area contributed by atoms with Crippen LogP contribution in [0.1, 0.15) is 42.4 Å². The fraction of sp³-hybridized carbons (Fsp3) is 0.632. The van der Waals surface area contributed by atoms with Gasteiger partial charge in [0.05, 0.1) is 6.42 Å². The molecular weight excluding hydrogens is 272 g/mol. The SMILES string of the molecule is CNCCC1CCN(C(=O)Cc2ccc3c(c2)CCC3)CC1. The van der Waals surface area contributed by atoms with Crippen molar-refractivity contribution in [3.8, 4) is 0 Å². The Morgan fingerprint density at radius 1 is 1.23 bits per heavy atom. The van der Waals surface area contributed by atoms with Crippen LogP contribution in [0.5, 0.6) is 0 Å². The van der Waals surface area contributed by atoms with Gasteiger partial charge >= 0.3 is 0 Å². The molecule has 22 heavy (non-hydrogen) atoms. The Kier molecular flexibility index (Phi) is 5.14. The molecule has 0 unspecified atom stereocenters. The highest BCUT2D eigenvalue weighted by Gasteiger charge is 2.22. The minimum Gasteiger partial charge on any atom is -0.342 e. The zero-order valence-electron chi connectivity index (χ0n) is 13.7. The first-order chi connectivity index (χ1) is 10.8. The minimum atomic E-state index is 0.310. The lowest BCUT2D eigenvalue weighted by Gasteiger charge is -2.32. The van der Waals surface area contributed by atoms with E-state index >= 15 is 0 Å². The third-order valence-electron chi connectivity index (χ3n) is 5.29. The summed E-state index contributed by atoms with van der Waals surface area (Å²) in [5.74, 6) is 1.10. The van der Waals surface area contributed by atoms with Crippen LogP contribution < -0.4 is 5.32 Å². The zero-order chi connectivity index (χ0) is 15.4. The summed E-state index contributed by atoms with van der Waals surface area (Å²) in [5.41, 5.74) is 4.15. The van der Waals surface area contributed by atoms with E-state index in [-0.39, 0.29) is 0 Å². The predicted molar refractivity (Wildman–Crippen MR) is 90.0 cm³/mol. The van der Waals surface area contributed by atoms with Gasteiger partial charge in [0.2, 0.25) is 5.91 Å². The third-order valence-corrected chi connectivity index (χ3v) is 5.29. The molecule has 3 heteroatoms. The van der Waals surface area contributed by atoms with Crippen LogP contribution in [0.25, 0.3) is 0 Å². The van der Waals surface area contributed by atoms with Gasteiger partial charge in [-0.05, 0) is 74.7 Å². The monoisotopic (exact) mass is 300 g/mol. The van der Waals surface area contributed by atoms with Gasteiger partial charge in [-0.1, -0.05) is 18.2 Å². The molecule has 1 fully saturated rings. The van der Waals surface area contributed by atoms with E-state index in [9.17, 15) is 4.79 Å². The minimum absolute atomic E-state index is 0.310. The number of hydrogen-bond acceptors (Lipinski definition) is 2. The van der Waals surface area contributed by atoms with Gasteiger partial charge in [0.1, 0.15) is 0 Å². The van der Waals surface area contributed by atoms with Crippen LogP contribution in [0.2, 0.25) is 0 Å². The number of amides is 1. The van der Waals surface area contributed by atoms with Gasteiger partial charge in [-0.3, -0.25) is 4.79 Å². The normalized spacial score (nSPS) is 18.5. The molecule has 0 atom stereocenters. The van der Waals surface area contributed by atoms with E-state index in [2.05, 4.69) is 28.4 Å². The van der Waals surface area contributed by atoms with Gasteiger partial charge in [0, 0.05) is 13.1 Å². The Morgan fingerprint density at radius 3 is 2.77 bits per heavy atom. The molecule has 3 rings (SSSR count). The predicted octanol–water partition coefficient (Wildman–Crippen LogP) is 2.57. The van der Waals surface area contributed by atoms with Crippen molar-refractivity contribution < 1.29 is 4.79 Å². The van der Waals surface area contributed by atoms with Gasteiger partial charge in [0.15, 0.2) is 0 Å². The Hall–Kier alpha value is -1.35. The first-order valence-corrected chi connectivity index (χ1v) is 8.79. The molecule has 1 amide bonds. The third kappa shape index (κ3) is 3.70. The van der Waals surface area contributed by atoms with Crippen molar-refractivity contribution in [2.24, 2.45) is 5.92 Å². The van der Waals surface area contributed by atoms with Gasteiger partial charge in [-0.25, -0.2) is 0 Å². The second kappa shape index (κ2) is 7.28. The summed E-state index contributed by atoms with van der Waals surface area (Å²) in [6.07, 6.45) is 7.82. The highest BCUT2D eigenvalue weighted by atomic mass is 16.2. The van der Waals surface area contributed by atoms with E-state index in [1.807, 2.05) is 7.05 Å². The molecule has 0 bridgehead atoms. The molecule has 1 aromatic rings. The van der Waals surface area contributed by atoms with Crippen LogP contribution in [0.4, 0.5) is 0 Å². The van der Waals surface area contributed by atoms with Gasteiger partial charge in [-0.15, -0.1) is 0 Å². The molecule has 1 aliphatic carbocycles. The molecule has 0 radical (unpaired) electrons. The van der Waals surface area contributed by atoms with Gasteiger partial charge < -0.3 is 10.2 Å². The van der Waals surface area contributed by atoms with Crippen molar-refractivity contribution in [2.75, 3.05) is 26.7 Å². The van der Waals surface area contributed by atoms with Gasteiger partial charge in [-0.2, -0.15) is 0 Å². The molecule has 2 aliphatic rings. The molecular formula is C19H28N2O. The summed E-state index contributed by atoms with van der Waals surface area (Å²) in [6.45, 7) is 2.98. The summed E-state index contributed by atoms with van der Waals surface area (Å²) in [7, 11) is 2.01. The fourth-order valence-electron chi connectivity index (χ4n) is 3.84. The van der Waals surface area contributed by atoms with Crippen molar-refractivity contribution in [1.29, 1.82) is 0 Å². The molecule has 1 heterocycles. The number of carbonyl (C=O) groups excluding carboxylic acids is 1. The topological polar surface area (TPSA) is 32.3 Å². The number of carbonyl (C=O) groups is 1. The van der Waals surface area contributed by atoms with Crippen molar-refractivity contribution in [3.63, 3.8) is 0 Å². The zero-order valence-corrected chi connectivity index (χ0v) is 13.7. The molecule has 0 spiro atoms. The van der Waals surface area contributed by atoms with E-state index in [1.165, 1.54) is 42.4 Å². The number of fused-ring (bicyclic) bond motifs is 1. The first kappa shape index (κ1) is 15.5. The van der Waals surface area contributed by atoms with Crippen molar-refractivity contribution in [2.45, 2.75) is 44.9 Å². The number of piperidine rings is 1. The number of nitrogens with one attached hydrogen (secondary N) is 1. The highest BCUT2D eigenvalue weighted by molar-refractivity contribution is 5.79. The second-order valence-electron chi connectivity index (χ2n) is 6.85. The molecule has 3 nitrogen and oxygen atoms in total. The van der Waals surface area contributed by atoms with Gasteiger partial charge in [0.25, 0.3) is 0 Å². The maximum absolute atomic E-state index is 12.5. The van der Waals surface area contributed by atoms with E-state index in [1.54, 1.807) is 0 Å². The Morgan fingerprint density at radius 2 is 2.00 bits per heavy atom. The molecule has 0 saturated carbocycles. The van der Waals surface area contributed by atoms with Crippen molar-refractivity contribution in [3.05, 3.63) is 34.9 Å². The molecule has 1 aromatic carbocycles. The average Bonchev–Trinajstić information content (AvgIpc) is 3.01. The van der Waals surface area contributed by atoms with E-state index < -0.39 is 0 Å². The maximum Gasteiger partial charge on any atom is 0.226 e. The lowest BCUT2D eigenvalue weighted by molar-refractivity contribution is -0.131. The molecule has 1 aliphatic heterocycles. The summed E-state index contributed by atoms with van der Waals surface area (Å²) in [6, 6.07) is 6.65. The summed E-state index contributed by atoms with van der Waals surface area (Å²) < 4.78 is 0. The lowest BCUT2D eigenvalue weighted by atomic mass is 9.93. The number of likely N-dealkylation sites (tertiary alicyclic amines) is 1. The number of hydrogen-bond donors (Lipinski definition) is 1. The Balaban J connectivity index is 1.50. The first-order valence-electron chi connectivity index (χ1n) is 8.79. The smallest absolute Gasteiger partial charge is 0.226 e. The van der Waals surface area contributed by atoms with Crippen molar-refractivity contribution in [1.82, 2.24) is 10.2 Å². The molecule has 120 valence electrons. The number of aryl methyl sites for hydroxylation is 2. The number of benzene rings is 1. The van der Waals surface area contributed by atoms with Crippen LogP contribution in [-0.2, 0) is 24.1 Å². The summed E-state index contributed by atoms with van der Waals surface area (Å²) in [4.78, 5) is 14.6. The van der Waals surface area contributed by atoms with Crippen LogP contribution in [0.15, 0.2) is 18.2 Å². The van der Waals surface area contributed by atoms with Crippen molar-refractivity contribution >= 4 is 5.91 Å². The van der Waals surface area contributed by atoms with Crippen LogP contribution in [-0.4, -0.2) is 37.5 Å². The molecule has 0 aromatic heterocycles. The summed E-state index contributed by atoms with van der Waals surface area (Å²) in [5, 5.41) is 3.22. The van der Waals surface area contributed by atoms with Crippen LogP contribution in [0, 0.1) is 5.92 Å². The van der Waals surface area contributed by atoms with E-state index in [0.717, 1.165) is 38.4 Å². The van der Waals surface area contributed by atoms with Crippen LogP contribution >= 0.6 is 0 Å². The van der Waals surface area contributed by atoms with Crippen LogP contribution in [0.3, 0.4) is 0 Å².